The van der Waals surface area contributed by atoms with Gasteiger partial charge in [0.2, 0.25) is 10.0 Å². The minimum absolute atomic E-state index is 0.0778. The summed E-state index contributed by atoms with van der Waals surface area (Å²) < 4.78 is 32.3. The van der Waals surface area contributed by atoms with Gasteiger partial charge in [-0.2, -0.15) is 0 Å². The Balaban J connectivity index is 1.69. The number of cyclic esters (lactones) is 1. The molecular formula is C17H18N2O4S. The van der Waals surface area contributed by atoms with Crippen molar-refractivity contribution in [1.82, 2.24) is 5.32 Å². The molecule has 24 heavy (non-hydrogen) atoms. The highest BCUT2D eigenvalue weighted by Crippen LogP contribution is 2.23. The van der Waals surface area contributed by atoms with Gasteiger partial charge in [-0.15, -0.1) is 0 Å². The molecule has 0 radical (unpaired) electrons. The fourth-order valence-corrected chi connectivity index (χ4v) is 3.83. The predicted molar refractivity (Wildman–Crippen MR) is 91.1 cm³/mol. The number of rotatable bonds is 5. The average molecular weight is 346 g/mol. The van der Waals surface area contributed by atoms with Crippen molar-refractivity contribution in [2.24, 2.45) is 0 Å². The van der Waals surface area contributed by atoms with Crippen LogP contribution in [0.15, 0.2) is 48.5 Å². The first-order chi connectivity index (χ1) is 11.4. The Morgan fingerprint density at radius 1 is 1.17 bits per heavy atom. The van der Waals surface area contributed by atoms with Gasteiger partial charge in [0.25, 0.3) is 0 Å². The zero-order chi connectivity index (χ0) is 17.2. The monoisotopic (exact) mass is 346 g/mol. The number of sulfonamides is 1. The molecule has 1 heterocycles. The molecule has 1 aliphatic heterocycles. The predicted octanol–water partition coefficient (Wildman–Crippen LogP) is 2.72. The highest BCUT2D eigenvalue weighted by Gasteiger charge is 2.24. The van der Waals surface area contributed by atoms with E-state index in [-0.39, 0.29) is 11.9 Å². The summed E-state index contributed by atoms with van der Waals surface area (Å²) in [5.74, 6) is -0.0778. The zero-order valence-electron chi connectivity index (χ0n) is 13.2. The Kier molecular flexibility index (Phi) is 4.44. The lowest BCUT2D eigenvalue weighted by molar-refractivity contribution is 0.141. The van der Waals surface area contributed by atoms with Gasteiger partial charge in [-0.1, -0.05) is 36.4 Å². The molecule has 0 aromatic heterocycles. The third-order valence-electron chi connectivity index (χ3n) is 3.84. The summed E-state index contributed by atoms with van der Waals surface area (Å²) in [7, 11) is -3.50. The number of carbonyl (C=O) groups excluding carboxylic acids is 1. The molecule has 1 atom stereocenters. The topological polar surface area (TPSA) is 84.5 Å². The third kappa shape index (κ3) is 3.86. The van der Waals surface area contributed by atoms with Gasteiger partial charge >= 0.3 is 6.09 Å². The summed E-state index contributed by atoms with van der Waals surface area (Å²) in [6.45, 7) is 2.30. The number of nitrogens with one attached hydrogen (secondary N) is 2. The van der Waals surface area contributed by atoms with E-state index in [1.807, 2.05) is 25.1 Å². The molecule has 6 nitrogen and oxygen atoms in total. The van der Waals surface area contributed by atoms with Crippen LogP contribution in [0, 0.1) is 6.92 Å². The van der Waals surface area contributed by atoms with E-state index in [1.54, 1.807) is 30.3 Å². The van der Waals surface area contributed by atoms with Gasteiger partial charge in [-0.3, -0.25) is 4.72 Å². The van der Waals surface area contributed by atoms with Gasteiger partial charge in [-0.05, 0) is 35.7 Å². The van der Waals surface area contributed by atoms with Crippen molar-refractivity contribution in [2.45, 2.75) is 18.8 Å². The quantitative estimate of drug-likeness (QED) is 0.872. The van der Waals surface area contributed by atoms with E-state index in [0.29, 0.717) is 12.2 Å². The molecular weight excluding hydrogens is 328 g/mol. The number of benzene rings is 2. The van der Waals surface area contributed by atoms with Crippen LogP contribution in [0.1, 0.15) is 22.8 Å². The number of hydrogen-bond acceptors (Lipinski definition) is 4. The van der Waals surface area contributed by atoms with Gasteiger partial charge in [0.1, 0.15) is 6.10 Å². The molecule has 2 aromatic carbocycles. The van der Waals surface area contributed by atoms with Gasteiger partial charge in [-0.25, -0.2) is 13.2 Å². The van der Waals surface area contributed by atoms with Crippen LogP contribution in [0.5, 0.6) is 0 Å². The molecule has 3 rings (SSSR count). The molecule has 0 bridgehead atoms. The lowest BCUT2D eigenvalue weighted by Gasteiger charge is -2.12. The van der Waals surface area contributed by atoms with Crippen LogP contribution in [0.4, 0.5) is 10.5 Å². The summed E-state index contributed by atoms with van der Waals surface area (Å²) in [6.07, 6.45) is -0.780. The second-order valence-corrected chi connectivity index (χ2v) is 7.41. The molecule has 1 fully saturated rings. The number of anilines is 1. The Labute approximate surface area is 140 Å². The number of ether oxygens (including phenoxy) is 1. The standard InChI is InChI=1S/C17H18N2O4S/c1-12-4-2-3-5-14(12)11-24(21,22)19-15-8-6-13(7-9-15)16-10-18-17(20)23-16/h2-9,16,19H,10-11H2,1H3,(H,18,20). The minimum atomic E-state index is -3.50. The highest BCUT2D eigenvalue weighted by atomic mass is 32.2. The summed E-state index contributed by atoms with van der Waals surface area (Å²) >= 11 is 0. The largest absolute Gasteiger partial charge is 0.439 e. The number of amides is 1. The third-order valence-corrected chi connectivity index (χ3v) is 5.08. The van der Waals surface area contributed by atoms with Crippen molar-refractivity contribution in [3.05, 3.63) is 65.2 Å². The van der Waals surface area contributed by atoms with Crippen molar-refractivity contribution >= 4 is 21.8 Å². The van der Waals surface area contributed by atoms with Crippen LogP contribution in [-0.4, -0.2) is 21.1 Å². The highest BCUT2D eigenvalue weighted by molar-refractivity contribution is 7.91. The number of aryl methyl sites for hydroxylation is 1. The maximum Gasteiger partial charge on any atom is 0.407 e. The molecule has 2 aromatic rings. The molecule has 2 N–H and O–H groups in total. The second kappa shape index (κ2) is 6.52. The normalized spacial score (nSPS) is 17.2. The van der Waals surface area contributed by atoms with Crippen LogP contribution >= 0.6 is 0 Å². The number of alkyl carbamates (subject to hydrolysis) is 1. The van der Waals surface area contributed by atoms with Crippen molar-refractivity contribution in [3.8, 4) is 0 Å². The first-order valence-electron chi connectivity index (χ1n) is 7.52. The molecule has 1 unspecified atom stereocenters. The fourth-order valence-electron chi connectivity index (χ4n) is 2.53. The second-order valence-electron chi connectivity index (χ2n) is 5.68. The van der Waals surface area contributed by atoms with E-state index in [2.05, 4.69) is 10.0 Å². The van der Waals surface area contributed by atoms with Gasteiger partial charge in [0, 0.05) is 5.69 Å². The van der Waals surface area contributed by atoms with E-state index >= 15 is 0 Å². The van der Waals surface area contributed by atoms with Crippen molar-refractivity contribution in [2.75, 3.05) is 11.3 Å². The van der Waals surface area contributed by atoms with Crippen molar-refractivity contribution in [1.29, 1.82) is 0 Å². The van der Waals surface area contributed by atoms with Crippen LogP contribution in [0.2, 0.25) is 0 Å². The molecule has 0 spiro atoms. The first kappa shape index (κ1) is 16.3. The molecule has 1 amide bonds. The number of hydrogen-bond donors (Lipinski definition) is 2. The SMILES string of the molecule is Cc1ccccc1CS(=O)(=O)Nc1ccc(C2CNC(=O)O2)cc1. The van der Waals surface area contributed by atoms with E-state index < -0.39 is 16.1 Å². The van der Waals surface area contributed by atoms with E-state index in [1.165, 1.54) is 0 Å². The lowest BCUT2D eigenvalue weighted by atomic mass is 10.1. The maximum atomic E-state index is 12.3. The number of carbonyl (C=O) groups is 1. The van der Waals surface area contributed by atoms with E-state index in [4.69, 9.17) is 4.74 Å². The summed E-state index contributed by atoms with van der Waals surface area (Å²) in [5, 5.41) is 2.58. The van der Waals surface area contributed by atoms with Crippen molar-refractivity contribution < 1.29 is 17.9 Å². The Bertz CT molecular complexity index is 847. The summed E-state index contributed by atoms with van der Waals surface area (Å²) in [6, 6.07) is 14.2. The smallest absolute Gasteiger partial charge is 0.407 e. The van der Waals surface area contributed by atoms with Gasteiger partial charge in [0.15, 0.2) is 0 Å². The van der Waals surface area contributed by atoms with Crippen molar-refractivity contribution in [3.63, 3.8) is 0 Å². The first-order valence-corrected chi connectivity index (χ1v) is 9.18. The van der Waals surface area contributed by atoms with Crippen LogP contribution in [0.25, 0.3) is 0 Å². The lowest BCUT2D eigenvalue weighted by Crippen LogP contribution is -2.15. The van der Waals surface area contributed by atoms with Crippen LogP contribution < -0.4 is 10.0 Å². The fraction of sp³-hybridized carbons (Fsp3) is 0.235. The average Bonchev–Trinajstić information content (AvgIpc) is 2.96. The Morgan fingerprint density at radius 2 is 1.88 bits per heavy atom. The van der Waals surface area contributed by atoms with E-state index in [0.717, 1.165) is 16.7 Å². The molecule has 7 heteroatoms. The van der Waals surface area contributed by atoms with Gasteiger partial charge < -0.3 is 10.1 Å². The van der Waals surface area contributed by atoms with Gasteiger partial charge in [0.05, 0.1) is 12.3 Å². The zero-order valence-corrected chi connectivity index (χ0v) is 14.0. The Morgan fingerprint density at radius 3 is 2.50 bits per heavy atom. The van der Waals surface area contributed by atoms with E-state index in [9.17, 15) is 13.2 Å². The molecule has 0 saturated carbocycles. The van der Waals surface area contributed by atoms with Crippen LogP contribution in [-0.2, 0) is 20.5 Å². The maximum absolute atomic E-state index is 12.3. The summed E-state index contributed by atoms with van der Waals surface area (Å²) in [5.41, 5.74) is 3.00. The molecule has 1 saturated heterocycles. The Hall–Kier alpha value is -2.54. The molecule has 126 valence electrons. The summed E-state index contributed by atoms with van der Waals surface area (Å²) in [4.78, 5) is 11.1. The minimum Gasteiger partial charge on any atom is -0.439 e. The molecule has 0 aliphatic carbocycles. The molecule has 1 aliphatic rings. The van der Waals surface area contributed by atoms with Crippen LogP contribution in [0.3, 0.4) is 0 Å².